The zero-order valence-electron chi connectivity index (χ0n) is 15.6. The summed E-state index contributed by atoms with van der Waals surface area (Å²) in [6.07, 6.45) is 4.89. The standard InChI is InChI=1S/C19H22N6O3/c1-11-24-25-17(28-11)10-20-18(27)12-2-3-13-9-21-19(23-16(13)8-12)22-14-4-6-15(26)7-5-14/h2-3,8-9,14-15,26H,4-7,10H2,1H3,(H,20,27)(H,21,22,23)/t14-,15-. The van der Waals surface area contributed by atoms with Gasteiger partial charge in [0, 0.05) is 30.1 Å². The van der Waals surface area contributed by atoms with Crippen molar-refractivity contribution in [3.63, 3.8) is 0 Å². The quantitative estimate of drug-likeness (QED) is 0.611. The molecule has 146 valence electrons. The summed E-state index contributed by atoms with van der Waals surface area (Å²) in [5, 5.41) is 24.2. The van der Waals surface area contributed by atoms with Gasteiger partial charge in [-0.25, -0.2) is 9.97 Å². The zero-order chi connectivity index (χ0) is 19.5. The third-order valence-corrected chi connectivity index (χ3v) is 4.84. The molecule has 2 heterocycles. The van der Waals surface area contributed by atoms with E-state index in [1.54, 1.807) is 25.3 Å². The Bertz CT molecular complexity index is 981. The molecule has 9 heteroatoms. The minimum absolute atomic E-state index is 0.168. The molecule has 1 amide bonds. The zero-order valence-corrected chi connectivity index (χ0v) is 15.6. The summed E-state index contributed by atoms with van der Waals surface area (Å²) < 4.78 is 5.25. The fraction of sp³-hybridized carbons (Fsp3) is 0.421. The molecule has 1 fully saturated rings. The van der Waals surface area contributed by atoms with Crippen LogP contribution in [0.1, 0.15) is 47.8 Å². The lowest BCUT2D eigenvalue weighted by molar-refractivity contribution is 0.0947. The molecular weight excluding hydrogens is 360 g/mol. The highest BCUT2D eigenvalue weighted by Crippen LogP contribution is 2.22. The first-order chi connectivity index (χ1) is 13.6. The van der Waals surface area contributed by atoms with Gasteiger partial charge in [0.15, 0.2) is 0 Å². The van der Waals surface area contributed by atoms with Gasteiger partial charge in [-0.1, -0.05) is 6.07 Å². The normalized spacial score (nSPS) is 19.5. The van der Waals surface area contributed by atoms with E-state index in [0.29, 0.717) is 28.8 Å². The van der Waals surface area contributed by atoms with Crippen LogP contribution in [0.4, 0.5) is 5.95 Å². The summed E-state index contributed by atoms with van der Waals surface area (Å²) in [6, 6.07) is 5.55. The van der Waals surface area contributed by atoms with Crippen molar-refractivity contribution in [3.8, 4) is 0 Å². The maximum atomic E-state index is 12.4. The average Bonchev–Trinajstić information content (AvgIpc) is 3.12. The Kier molecular flexibility index (Phi) is 5.16. The minimum Gasteiger partial charge on any atom is -0.424 e. The van der Waals surface area contributed by atoms with Crippen molar-refractivity contribution in [1.29, 1.82) is 0 Å². The van der Waals surface area contributed by atoms with Crippen LogP contribution in [0.5, 0.6) is 0 Å². The van der Waals surface area contributed by atoms with Gasteiger partial charge in [-0.05, 0) is 37.8 Å². The van der Waals surface area contributed by atoms with Crippen LogP contribution < -0.4 is 10.6 Å². The van der Waals surface area contributed by atoms with Crippen LogP contribution in [0, 0.1) is 6.92 Å². The number of hydrogen-bond donors (Lipinski definition) is 3. The number of fused-ring (bicyclic) bond motifs is 1. The molecule has 0 aliphatic heterocycles. The fourth-order valence-corrected chi connectivity index (χ4v) is 3.30. The van der Waals surface area contributed by atoms with E-state index in [9.17, 15) is 9.90 Å². The molecule has 9 nitrogen and oxygen atoms in total. The van der Waals surface area contributed by atoms with Crippen LogP contribution in [0.3, 0.4) is 0 Å². The second kappa shape index (κ2) is 7.89. The Labute approximate surface area is 161 Å². The molecule has 2 aromatic heterocycles. The van der Waals surface area contributed by atoms with Crippen molar-refractivity contribution < 1.29 is 14.3 Å². The molecular formula is C19H22N6O3. The molecule has 1 aromatic carbocycles. The first-order valence-electron chi connectivity index (χ1n) is 9.35. The molecule has 4 rings (SSSR count). The van der Waals surface area contributed by atoms with Crippen molar-refractivity contribution in [1.82, 2.24) is 25.5 Å². The first kappa shape index (κ1) is 18.3. The summed E-state index contributed by atoms with van der Waals surface area (Å²) in [5.41, 5.74) is 1.18. The smallest absolute Gasteiger partial charge is 0.251 e. The van der Waals surface area contributed by atoms with Crippen LogP contribution >= 0.6 is 0 Å². The number of aryl methyl sites for hydroxylation is 1. The predicted octanol–water partition coefficient (Wildman–Crippen LogP) is 1.97. The number of aromatic nitrogens is 4. The van der Waals surface area contributed by atoms with Crippen molar-refractivity contribution >= 4 is 22.8 Å². The Morgan fingerprint density at radius 2 is 2.07 bits per heavy atom. The van der Waals surface area contributed by atoms with Gasteiger partial charge < -0.3 is 20.2 Å². The highest BCUT2D eigenvalue weighted by atomic mass is 16.4. The maximum absolute atomic E-state index is 12.4. The number of carbonyl (C=O) groups excluding carboxylic acids is 1. The summed E-state index contributed by atoms with van der Waals surface area (Å²) in [5.74, 6) is 1.11. The number of hydrogen-bond acceptors (Lipinski definition) is 8. The van der Waals surface area contributed by atoms with Gasteiger partial charge >= 0.3 is 0 Å². The first-order valence-corrected chi connectivity index (χ1v) is 9.35. The van der Waals surface area contributed by atoms with E-state index >= 15 is 0 Å². The lowest BCUT2D eigenvalue weighted by atomic mass is 9.93. The molecule has 0 saturated heterocycles. The second-order valence-electron chi connectivity index (χ2n) is 7.01. The molecule has 0 unspecified atom stereocenters. The Balaban J connectivity index is 1.45. The Hall–Kier alpha value is -3.07. The van der Waals surface area contributed by atoms with Crippen LogP contribution in [0.25, 0.3) is 10.9 Å². The van der Waals surface area contributed by atoms with E-state index in [-0.39, 0.29) is 24.6 Å². The van der Waals surface area contributed by atoms with E-state index in [1.807, 2.05) is 6.07 Å². The van der Waals surface area contributed by atoms with Crippen molar-refractivity contribution in [2.75, 3.05) is 5.32 Å². The van der Waals surface area contributed by atoms with Gasteiger partial charge in [-0.2, -0.15) is 0 Å². The maximum Gasteiger partial charge on any atom is 0.251 e. The van der Waals surface area contributed by atoms with E-state index in [2.05, 4.69) is 30.8 Å². The summed E-state index contributed by atoms with van der Waals surface area (Å²) >= 11 is 0. The largest absolute Gasteiger partial charge is 0.424 e. The van der Waals surface area contributed by atoms with E-state index in [1.165, 1.54) is 0 Å². The summed E-state index contributed by atoms with van der Waals surface area (Å²) in [7, 11) is 0. The number of nitrogens with zero attached hydrogens (tertiary/aromatic N) is 4. The third-order valence-electron chi connectivity index (χ3n) is 4.84. The molecule has 28 heavy (non-hydrogen) atoms. The monoisotopic (exact) mass is 382 g/mol. The molecule has 3 aromatic rings. The number of carbonyl (C=O) groups is 1. The van der Waals surface area contributed by atoms with Gasteiger partial charge in [0.2, 0.25) is 17.7 Å². The number of amides is 1. The average molecular weight is 382 g/mol. The number of aliphatic hydroxyl groups excluding tert-OH is 1. The number of aliphatic hydroxyl groups is 1. The summed E-state index contributed by atoms with van der Waals surface area (Å²) in [4.78, 5) is 21.3. The van der Waals surface area contributed by atoms with Gasteiger partial charge in [0.1, 0.15) is 0 Å². The molecule has 3 N–H and O–H groups in total. The van der Waals surface area contributed by atoms with Gasteiger partial charge in [-0.15, -0.1) is 10.2 Å². The van der Waals surface area contributed by atoms with Crippen molar-refractivity contribution in [2.45, 2.75) is 51.3 Å². The lowest BCUT2D eigenvalue weighted by Crippen LogP contribution is -2.28. The Morgan fingerprint density at radius 1 is 1.25 bits per heavy atom. The molecule has 0 spiro atoms. The van der Waals surface area contributed by atoms with Crippen LogP contribution in [0.15, 0.2) is 28.8 Å². The number of benzene rings is 1. The highest BCUT2D eigenvalue weighted by molar-refractivity contribution is 5.97. The molecule has 1 saturated carbocycles. The van der Waals surface area contributed by atoms with Gasteiger partial charge in [-0.3, -0.25) is 4.79 Å². The van der Waals surface area contributed by atoms with E-state index in [4.69, 9.17) is 4.42 Å². The summed E-state index contributed by atoms with van der Waals surface area (Å²) in [6.45, 7) is 1.87. The van der Waals surface area contributed by atoms with Crippen LogP contribution in [0.2, 0.25) is 0 Å². The molecule has 0 radical (unpaired) electrons. The number of rotatable bonds is 5. The van der Waals surface area contributed by atoms with Gasteiger partial charge in [0.05, 0.1) is 18.2 Å². The number of anilines is 1. The minimum atomic E-state index is -0.243. The Morgan fingerprint density at radius 3 is 2.82 bits per heavy atom. The van der Waals surface area contributed by atoms with Crippen molar-refractivity contribution in [3.05, 3.63) is 41.7 Å². The number of nitrogens with one attached hydrogen (secondary N) is 2. The molecule has 0 atom stereocenters. The van der Waals surface area contributed by atoms with Gasteiger partial charge in [0.25, 0.3) is 5.91 Å². The molecule has 1 aliphatic carbocycles. The highest BCUT2D eigenvalue weighted by Gasteiger charge is 2.20. The topological polar surface area (TPSA) is 126 Å². The predicted molar refractivity (Wildman–Crippen MR) is 102 cm³/mol. The fourth-order valence-electron chi connectivity index (χ4n) is 3.30. The third kappa shape index (κ3) is 4.25. The SMILES string of the molecule is Cc1nnc(CNC(=O)c2ccc3cnc(N[C@H]4CC[C@H](O)CC4)nc3c2)o1. The molecule has 1 aliphatic rings. The van der Waals surface area contributed by atoms with Crippen molar-refractivity contribution in [2.24, 2.45) is 0 Å². The van der Waals surface area contributed by atoms with E-state index in [0.717, 1.165) is 31.1 Å². The second-order valence-corrected chi connectivity index (χ2v) is 7.01. The van der Waals surface area contributed by atoms with E-state index < -0.39 is 0 Å². The van der Waals surface area contributed by atoms with Crippen LogP contribution in [-0.4, -0.2) is 43.3 Å². The van der Waals surface area contributed by atoms with Crippen LogP contribution in [-0.2, 0) is 6.54 Å². The molecule has 0 bridgehead atoms. The lowest BCUT2D eigenvalue weighted by Gasteiger charge is -2.26.